The molecule has 0 spiro atoms. The molecule has 5 N–H and O–H groups in total. The summed E-state index contributed by atoms with van der Waals surface area (Å²) < 4.78 is 0. The molecule has 5 nitrogen and oxygen atoms in total. The number of nitrogen functional groups attached to an aromatic ring is 1. The van der Waals surface area contributed by atoms with Crippen molar-refractivity contribution < 1.29 is 9.90 Å². The van der Waals surface area contributed by atoms with Gasteiger partial charge in [0.15, 0.2) is 0 Å². The van der Waals surface area contributed by atoms with Crippen LogP contribution >= 0.6 is 0 Å². The summed E-state index contributed by atoms with van der Waals surface area (Å²) in [5, 5.41) is 9.00. The molecule has 0 saturated heterocycles. The highest BCUT2D eigenvalue weighted by atomic mass is 16.3. The highest BCUT2D eigenvalue weighted by Gasteiger charge is 2.25. The van der Waals surface area contributed by atoms with Crippen LogP contribution in [0.25, 0.3) is 0 Å². The summed E-state index contributed by atoms with van der Waals surface area (Å²) in [6, 6.07) is 5.89. The summed E-state index contributed by atoms with van der Waals surface area (Å²) >= 11 is 0. The predicted molar refractivity (Wildman–Crippen MR) is 76.1 cm³/mol. The lowest BCUT2D eigenvalue weighted by molar-refractivity contribution is 0.100. The Labute approximate surface area is 113 Å². The first kappa shape index (κ1) is 13.7. The lowest BCUT2D eigenvalue weighted by atomic mass is 9.90. The molecule has 0 bridgehead atoms. The minimum Gasteiger partial charge on any atom is -0.398 e. The number of hydrogen-bond acceptors (Lipinski definition) is 4. The van der Waals surface area contributed by atoms with Crippen LogP contribution < -0.4 is 16.4 Å². The monoisotopic (exact) mass is 263 g/mol. The lowest BCUT2D eigenvalue weighted by Gasteiger charge is -2.39. The van der Waals surface area contributed by atoms with Gasteiger partial charge in [0.1, 0.15) is 0 Å². The SMILES string of the molecule is NC(=O)c1cc(N(CCCO)C2CCC2)ccc1N. The second-order valence-electron chi connectivity index (χ2n) is 4.99. The Morgan fingerprint density at radius 1 is 1.42 bits per heavy atom. The second-order valence-corrected chi connectivity index (χ2v) is 4.99. The van der Waals surface area contributed by atoms with Gasteiger partial charge in [-0.2, -0.15) is 0 Å². The molecule has 1 aliphatic carbocycles. The van der Waals surface area contributed by atoms with E-state index in [1.165, 1.54) is 6.42 Å². The number of benzene rings is 1. The summed E-state index contributed by atoms with van der Waals surface area (Å²) in [6.45, 7) is 0.949. The molecule has 5 heteroatoms. The molecule has 1 aliphatic rings. The molecular weight excluding hydrogens is 242 g/mol. The zero-order valence-corrected chi connectivity index (χ0v) is 11.0. The molecule has 104 valence electrons. The van der Waals surface area contributed by atoms with Crippen molar-refractivity contribution >= 4 is 17.3 Å². The maximum atomic E-state index is 11.3. The molecule has 2 rings (SSSR count). The Balaban J connectivity index is 2.24. The topological polar surface area (TPSA) is 92.6 Å². The largest absolute Gasteiger partial charge is 0.398 e. The summed E-state index contributed by atoms with van der Waals surface area (Å²) in [7, 11) is 0. The van der Waals surface area contributed by atoms with Crippen molar-refractivity contribution in [2.24, 2.45) is 5.73 Å². The van der Waals surface area contributed by atoms with Crippen molar-refractivity contribution in [3.05, 3.63) is 23.8 Å². The Morgan fingerprint density at radius 3 is 2.68 bits per heavy atom. The Kier molecular flexibility index (Phi) is 4.27. The van der Waals surface area contributed by atoms with Gasteiger partial charge >= 0.3 is 0 Å². The first-order valence-electron chi connectivity index (χ1n) is 6.70. The van der Waals surface area contributed by atoms with Gasteiger partial charge in [-0.15, -0.1) is 0 Å². The zero-order valence-electron chi connectivity index (χ0n) is 11.0. The molecule has 0 unspecified atom stereocenters. The van der Waals surface area contributed by atoms with Crippen LogP contribution in [0, 0.1) is 0 Å². The van der Waals surface area contributed by atoms with E-state index in [0.717, 1.165) is 25.1 Å². The molecule has 0 atom stereocenters. The standard InChI is InChI=1S/C14H21N3O2/c15-13-6-5-11(9-12(13)14(16)19)17(7-2-8-18)10-3-1-4-10/h5-6,9-10,18H,1-4,7-8,15H2,(H2,16,19). The fourth-order valence-corrected chi connectivity index (χ4v) is 2.40. The van der Waals surface area contributed by atoms with Crippen molar-refractivity contribution in [2.75, 3.05) is 23.8 Å². The number of carbonyl (C=O) groups excluding carboxylic acids is 1. The van der Waals surface area contributed by atoms with Gasteiger partial charge in [-0.05, 0) is 43.9 Å². The van der Waals surface area contributed by atoms with Crippen molar-refractivity contribution in [1.82, 2.24) is 0 Å². The van der Waals surface area contributed by atoms with E-state index in [1.54, 1.807) is 12.1 Å². The number of primary amides is 1. The van der Waals surface area contributed by atoms with Crippen LogP contribution in [-0.4, -0.2) is 30.2 Å². The van der Waals surface area contributed by atoms with Crippen molar-refractivity contribution in [1.29, 1.82) is 0 Å². The quantitative estimate of drug-likeness (QED) is 0.670. The molecule has 1 aromatic rings. The minimum atomic E-state index is -0.505. The summed E-state index contributed by atoms with van der Waals surface area (Å²) in [5.74, 6) is -0.505. The van der Waals surface area contributed by atoms with Crippen LogP contribution in [0.3, 0.4) is 0 Å². The molecule has 0 heterocycles. The van der Waals surface area contributed by atoms with Gasteiger partial charge in [0.25, 0.3) is 5.91 Å². The van der Waals surface area contributed by atoms with Crippen molar-refractivity contribution in [3.63, 3.8) is 0 Å². The molecular formula is C14H21N3O2. The van der Waals surface area contributed by atoms with Gasteiger partial charge in [-0.25, -0.2) is 0 Å². The van der Waals surface area contributed by atoms with E-state index < -0.39 is 5.91 Å². The van der Waals surface area contributed by atoms with Crippen LogP contribution in [0.5, 0.6) is 0 Å². The Morgan fingerprint density at radius 2 is 2.16 bits per heavy atom. The summed E-state index contributed by atoms with van der Waals surface area (Å²) in [6.07, 6.45) is 4.26. The normalized spacial score (nSPS) is 15.0. The average molecular weight is 263 g/mol. The number of aliphatic hydroxyl groups excluding tert-OH is 1. The van der Waals surface area contributed by atoms with Crippen LogP contribution in [0.1, 0.15) is 36.0 Å². The number of hydrogen-bond donors (Lipinski definition) is 3. The van der Waals surface area contributed by atoms with Crippen molar-refractivity contribution in [3.8, 4) is 0 Å². The van der Waals surface area contributed by atoms with Crippen LogP contribution in [-0.2, 0) is 0 Å². The summed E-state index contributed by atoms with van der Waals surface area (Å²) in [4.78, 5) is 13.6. The highest BCUT2D eigenvalue weighted by Crippen LogP contribution is 2.31. The lowest BCUT2D eigenvalue weighted by Crippen LogP contribution is -2.41. The van der Waals surface area contributed by atoms with Gasteiger partial charge < -0.3 is 21.5 Å². The third-order valence-electron chi connectivity index (χ3n) is 3.71. The first-order valence-corrected chi connectivity index (χ1v) is 6.70. The van der Waals surface area contributed by atoms with Crippen LogP contribution in [0.15, 0.2) is 18.2 Å². The fraction of sp³-hybridized carbons (Fsp3) is 0.500. The predicted octanol–water partition coefficient (Wildman–Crippen LogP) is 1.11. The number of nitrogens with two attached hydrogens (primary N) is 2. The molecule has 1 aromatic carbocycles. The van der Waals surface area contributed by atoms with Gasteiger partial charge in [-0.3, -0.25) is 4.79 Å². The number of rotatable bonds is 6. The molecule has 1 saturated carbocycles. The molecule has 0 aliphatic heterocycles. The molecule has 0 radical (unpaired) electrons. The van der Waals surface area contributed by atoms with E-state index in [0.29, 0.717) is 23.7 Å². The number of anilines is 2. The van der Waals surface area contributed by atoms with Gasteiger partial charge in [0.05, 0.1) is 5.56 Å². The third kappa shape index (κ3) is 2.98. The van der Waals surface area contributed by atoms with E-state index in [9.17, 15) is 4.79 Å². The number of amides is 1. The molecule has 1 fully saturated rings. The highest BCUT2D eigenvalue weighted by molar-refractivity contribution is 5.99. The molecule has 0 aromatic heterocycles. The van der Waals surface area contributed by atoms with Gasteiger partial charge in [0, 0.05) is 30.6 Å². The fourth-order valence-electron chi connectivity index (χ4n) is 2.40. The first-order chi connectivity index (χ1) is 9.13. The Bertz CT molecular complexity index is 458. The van der Waals surface area contributed by atoms with Gasteiger partial charge in [0.2, 0.25) is 0 Å². The smallest absolute Gasteiger partial charge is 0.250 e. The number of nitrogens with zero attached hydrogens (tertiary/aromatic N) is 1. The van der Waals surface area contributed by atoms with E-state index in [-0.39, 0.29) is 6.61 Å². The zero-order chi connectivity index (χ0) is 13.8. The van der Waals surface area contributed by atoms with E-state index in [1.807, 2.05) is 6.07 Å². The van der Waals surface area contributed by atoms with Crippen LogP contribution in [0.4, 0.5) is 11.4 Å². The van der Waals surface area contributed by atoms with Crippen LogP contribution in [0.2, 0.25) is 0 Å². The number of aliphatic hydroxyl groups is 1. The van der Waals surface area contributed by atoms with Gasteiger partial charge in [-0.1, -0.05) is 0 Å². The van der Waals surface area contributed by atoms with Crippen molar-refractivity contribution in [2.45, 2.75) is 31.7 Å². The maximum Gasteiger partial charge on any atom is 0.250 e. The second kappa shape index (κ2) is 5.93. The number of carbonyl (C=O) groups is 1. The van der Waals surface area contributed by atoms with E-state index in [2.05, 4.69) is 4.90 Å². The molecule has 19 heavy (non-hydrogen) atoms. The Hall–Kier alpha value is -1.75. The minimum absolute atomic E-state index is 0.168. The van der Waals surface area contributed by atoms with E-state index >= 15 is 0 Å². The average Bonchev–Trinajstić information content (AvgIpc) is 2.32. The molecule has 1 amide bonds. The summed E-state index contributed by atoms with van der Waals surface area (Å²) in [5.41, 5.74) is 12.8. The van der Waals surface area contributed by atoms with E-state index in [4.69, 9.17) is 16.6 Å². The third-order valence-corrected chi connectivity index (χ3v) is 3.71. The maximum absolute atomic E-state index is 11.3.